The van der Waals surface area contributed by atoms with Crippen LogP contribution in [0.4, 0.5) is 0 Å². The molecule has 60 valence electrons. The standard InChI is InChI=1S/C10H14O/c1-2-7-3-9-4-8(7)5-10(9)6-11/h2,6,8-10H,3-5H2,1H3/b7-2+. The third kappa shape index (κ3) is 0.943. The van der Waals surface area contributed by atoms with Crippen LogP contribution in [0.15, 0.2) is 11.6 Å². The van der Waals surface area contributed by atoms with Gasteiger partial charge in [-0.1, -0.05) is 11.6 Å². The highest BCUT2D eigenvalue weighted by Crippen LogP contribution is 2.50. The van der Waals surface area contributed by atoms with Crippen molar-refractivity contribution in [2.75, 3.05) is 0 Å². The summed E-state index contributed by atoms with van der Waals surface area (Å²) in [5.74, 6) is 1.85. The quantitative estimate of drug-likeness (QED) is 0.413. The molecule has 0 saturated heterocycles. The number of allylic oxidation sites excluding steroid dienone is 2. The molecule has 0 aromatic rings. The molecule has 2 fully saturated rings. The van der Waals surface area contributed by atoms with E-state index in [1.54, 1.807) is 5.57 Å². The third-order valence-electron chi connectivity index (χ3n) is 3.32. The molecule has 0 aliphatic heterocycles. The van der Waals surface area contributed by atoms with Crippen molar-refractivity contribution >= 4 is 6.29 Å². The maximum atomic E-state index is 10.6. The van der Waals surface area contributed by atoms with E-state index in [-0.39, 0.29) is 0 Å². The fourth-order valence-corrected chi connectivity index (χ4v) is 2.68. The predicted molar refractivity (Wildman–Crippen MR) is 44.1 cm³/mol. The summed E-state index contributed by atoms with van der Waals surface area (Å²) in [5, 5.41) is 0. The lowest BCUT2D eigenvalue weighted by atomic mass is 9.87. The normalized spacial score (nSPS) is 45.2. The Morgan fingerprint density at radius 2 is 2.27 bits per heavy atom. The van der Waals surface area contributed by atoms with Gasteiger partial charge >= 0.3 is 0 Å². The van der Waals surface area contributed by atoms with Gasteiger partial charge in [0.25, 0.3) is 0 Å². The molecule has 2 aliphatic carbocycles. The van der Waals surface area contributed by atoms with Crippen molar-refractivity contribution < 1.29 is 4.79 Å². The second kappa shape index (κ2) is 2.47. The van der Waals surface area contributed by atoms with Crippen LogP contribution in [0.25, 0.3) is 0 Å². The Balaban J connectivity index is 2.14. The van der Waals surface area contributed by atoms with E-state index >= 15 is 0 Å². The molecule has 3 unspecified atom stereocenters. The Kier molecular flexibility index (Phi) is 1.59. The predicted octanol–water partition coefficient (Wildman–Crippen LogP) is 2.18. The zero-order valence-electron chi connectivity index (χ0n) is 6.92. The van der Waals surface area contributed by atoms with E-state index in [4.69, 9.17) is 0 Å². The van der Waals surface area contributed by atoms with Crippen molar-refractivity contribution in [1.82, 2.24) is 0 Å². The summed E-state index contributed by atoms with van der Waals surface area (Å²) < 4.78 is 0. The maximum absolute atomic E-state index is 10.6. The monoisotopic (exact) mass is 150 g/mol. The average Bonchev–Trinajstić information content (AvgIpc) is 2.60. The number of fused-ring (bicyclic) bond motifs is 2. The smallest absolute Gasteiger partial charge is 0.123 e. The van der Waals surface area contributed by atoms with Gasteiger partial charge in [-0.2, -0.15) is 0 Å². The number of rotatable bonds is 1. The lowest BCUT2D eigenvalue weighted by Gasteiger charge is -2.17. The van der Waals surface area contributed by atoms with Gasteiger partial charge < -0.3 is 4.79 Å². The van der Waals surface area contributed by atoms with Gasteiger partial charge in [0.1, 0.15) is 6.29 Å². The summed E-state index contributed by atoms with van der Waals surface area (Å²) in [5.41, 5.74) is 1.60. The van der Waals surface area contributed by atoms with Crippen LogP contribution in [-0.4, -0.2) is 6.29 Å². The molecule has 0 amide bonds. The number of hydrogen-bond acceptors (Lipinski definition) is 1. The number of hydrogen-bond donors (Lipinski definition) is 0. The van der Waals surface area contributed by atoms with Gasteiger partial charge in [0.15, 0.2) is 0 Å². The fraction of sp³-hybridized carbons (Fsp3) is 0.700. The van der Waals surface area contributed by atoms with Crippen LogP contribution in [0, 0.1) is 17.8 Å². The first-order valence-electron chi connectivity index (χ1n) is 4.45. The molecule has 3 atom stereocenters. The molecule has 0 aromatic carbocycles. The minimum atomic E-state index is 0.392. The maximum Gasteiger partial charge on any atom is 0.123 e. The van der Waals surface area contributed by atoms with Gasteiger partial charge in [0, 0.05) is 5.92 Å². The summed E-state index contributed by atoms with van der Waals surface area (Å²) in [6.45, 7) is 2.12. The largest absolute Gasteiger partial charge is 0.303 e. The van der Waals surface area contributed by atoms with Crippen molar-refractivity contribution in [2.24, 2.45) is 17.8 Å². The minimum absolute atomic E-state index is 0.392. The summed E-state index contributed by atoms with van der Waals surface area (Å²) in [6, 6.07) is 0. The number of carbonyl (C=O) groups is 1. The van der Waals surface area contributed by atoms with Crippen molar-refractivity contribution in [1.29, 1.82) is 0 Å². The van der Waals surface area contributed by atoms with E-state index in [1.165, 1.54) is 12.8 Å². The zero-order chi connectivity index (χ0) is 7.84. The molecule has 2 rings (SSSR count). The highest BCUT2D eigenvalue weighted by molar-refractivity contribution is 5.56. The first-order valence-corrected chi connectivity index (χ1v) is 4.45. The number of carbonyl (C=O) groups excluding carboxylic acids is 1. The highest BCUT2D eigenvalue weighted by atomic mass is 16.1. The summed E-state index contributed by atoms with van der Waals surface area (Å²) >= 11 is 0. The molecule has 0 aromatic heterocycles. The van der Waals surface area contributed by atoms with Crippen LogP contribution in [0.1, 0.15) is 26.2 Å². The molecular formula is C10H14O. The van der Waals surface area contributed by atoms with Crippen molar-refractivity contribution in [3.05, 3.63) is 11.6 Å². The number of aldehydes is 1. The van der Waals surface area contributed by atoms with E-state index in [2.05, 4.69) is 13.0 Å². The Bertz CT molecular complexity index is 205. The van der Waals surface area contributed by atoms with Gasteiger partial charge in [-0.3, -0.25) is 0 Å². The van der Waals surface area contributed by atoms with Crippen LogP contribution < -0.4 is 0 Å². The van der Waals surface area contributed by atoms with Crippen LogP contribution in [0.5, 0.6) is 0 Å². The zero-order valence-corrected chi connectivity index (χ0v) is 6.92. The minimum Gasteiger partial charge on any atom is -0.303 e. The highest BCUT2D eigenvalue weighted by Gasteiger charge is 2.41. The first-order chi connectivity index (χ1) is 5.35. The molecule has 0 spiro atoms. The van der Waals surface area contributed by atoms with Gasteiger partial charge in [0.2, 0.25) is 0 Å². The Hall–Kier alpha value is -0.590. The van der Waals surface area contributed by atoms with E-state index in [1.807, 2.05) is 0 Å². The first kappa shape index (κ1) is 7.08. The Morgan fingerprint density at radius 3 is 2.73 bits per heavy atom. The Labute approximate surface area is 67.5 Å². The van der Waals surface area contributed by atoms with E-state index < -0.39 is 0 Å². The molecule has 11 heavy (non-hydrogen) atoms. The molecule has 2 saturated carbocycles. The van der Waals surface area contributed by atoms with Gasteiger partial charge in [-0.25, -0.2) is 0 Å². The van der Waals surface area contributed by atoms with Crippen molar-refractivity contribution in [3.63, 3.8) is 0 Å². The van der Waals surface area contributed by atoms with Crippen molar-refractivity contribution in [2.45, 2.75) is 26.2 Å². The van der Waals surface area contributed by atoms with Crippen LogP contribution in [0.2, 0.25) is 0 Å². The molecule has 0 N–H and O–H groups in total. The van der Waals surface area contributed by atoms with E-state index in [0.717, 1.165) is 18.6 Å². The average molecular weight is 150 g/mol. The van der Waals surface area contributed by atoms with Crippen LogP contribution in [0.3, 0.4) is 0 Å². The molecule has 1 nitrogen and oxygen atoms in total. The molecule has 2 bridgehead atoms. The van der Waals surface area contributed by atoms with Gasteiger partial charge in [-0.05, 0) is 38.0 Å². The fourth-order valence-electron chi connectivity index (χ4n) is 2.68. The molecule has 2 aliphatic rings. The SMILES string of the molecule is C/C=C1\CC2CC1CC2C=O. The Morgan fingerprint density at radius 1 is 1.45 bits per heavy atom. The van der Waals surface area contributed by atoms with Crippen LogP contribution >= 0.6 is 0 Å². The second-order valence-electron chi connectivity index (χ2n) is 3.80. The summed E-state index contributed by atoms with van der Waals surface area (Å²) in [4.78, 5) is 10.6. The van der Waals surface area contributed by atoms with E-state index in [0.29, 0.717) is 11.8 Å². The molecular weight excluding hydrogens is 136 g/mol. The second-order valence-corrected chi connectivity index (χ2v) is 3.80. The lowest BCUT2D eigenvalue weighted by molar-refractivity contribution is -0.112. The van der Waals surface area contributed by atoms with Crippen LogP contribution in [-0.2, 0) is 4.79 Å². The van der Waals surface area contributed by atoms with Gasteiger partial charge in [0.05, 0.1) is 0 Å². The van der Waals surface area contributed by atoms with Gasteiger partial charge in [-0.15, -0.1) is 0 Å². The topological polar surface area (TPSA) is 17.1 Å². The van der Waals surface area contributed by atoms with Crippen molar-refractivity contribution in [3.8, 4) is 0 Å². The molecule has 1 heteroatoms. The summed E-state index contributed by atoms with van der Waals surface area (Å²) in [7, 11) is 0. The third-order valence-corrected chi connectivity index (χ3v) is 3.32. The molecule has 0 heterocycles. The molecule has 0 radical (unpaired) electrons. The lowest BCUT2D eigenvalue weighted by Crippen LogP contribution is -2.12. The summed E-state index contributed by atoms with van der Waals surface area (Å²) in [6.07, 6.45) is 7.02. The van der Waals surface area contributed by atoms with E-state index in [9.17, 15) is 4.79 Å².